The number of hydrogen-bond acceptors (Lipinski definition) is 3. The van der Waals surface area contributed by atoms with Gasteiger partial charge in [-0.05, 0) is 36.6 Å². The fraction of sp³-hybridized carbons (Fsp3) is 0.333. The van der Waals surface area contributed by atoms with Crippen LogP contribution in [0.1, 0.15) is 28.8 Å². The minimum absolute atomic E-state index is 0.0439. The second kappa shape index (κ2) is 8.91. The highest BCUT2D eigenvalue weighted by Crippen LogP contribution is 2.23. The molecule has 2 amide bonds. The molecule has 1 aliphatic heterocycles. The Bertz CT molecular complexity index is 804. The van der Waals surface area contributed by atoms with Crippen LogP contribution in [0, 0.1) is 0 Å². The smallest absolute Gasteiger partial charge is 0.255 e. The van der Waals surface area contributed by atoms with Gasteiger partial charge in [-0.15, -0.1) is 0 Å². The van der Waals surface area contributed by atoms with Crippen molar-refractivity contribution in [3.8, 4) is 5.75 Å². The summed E-state index contributed by atoms with van der Waals surface area (Å²) in [4.78, 5) is 27.7. The quantitative estimate of drug-likeness (QED) is 0.828. The standard InChI is InChI=1S/C21H23ClN2O3/c1-27-19-14-16(22)9-10-17(19)20(25)23-18(13-15-7-3-2-4-8-15)21(26)24-11-5-6-12-24/h2-4,7-10,14,18H,5-6,11-13H2,1H3,(H,23,25). The summed E-state index contributed by atoms with van der Waals surface area (Å²) in [5.41, 5.74) is 1.35. The largest absolute Gasteiger partial charge is 0.496 e. The third-order valence-electron chi connectivity index (χ3n) is 4.71. The molecule has 0 spiro atoms. The van der Waals surface area contributed by atoms with Crippen molar-refractivity contribution in [2.24, 2.45) is 0 Å². The summed E-state index contributed by atoms with van der Waals surface area (Å²) in [6.07, 6.45) is 2.45. The first-order chi connectivity index (χ1) is 13.1. The molecule has 1 fully saturated rings. The third-order valence-corrected chi connectivity index (χ3v) is 4.95. The predicted octanol–water partition coefficient (Wildman–Crippen LogP) is 3.31. The summed E-state index contributed by atoms with van der Waals surface area (Å²) < 4.78 is 5.27. The normalized spacial score (nSPS) is 14.7. The average Bonchev–Trinajstić information content (AvgIpc) is 3.22. The molecule has 27 heavy (non-hydrogen) atoms. The van der Waals surface area contributed by atoms with Crippen LogP contribution in [0.2, 0.25) is 5.02 Å². The Hall–Kier alpha value is -2.53. The van der Waals surface area contributed by atoms with E-state index in [-0.39, 0.29) is 11.8 Å². The van der Waals surface area contributed by atoms with Crippen LogP contribution in [0.3, 0.4) is 0 Å². The number of likely N-dealkylation sites (tertiary alicyclic amines) is 1. The predicted molar refractivity (Wildman–Crippen MR) is 105 cm³/mol. The Morgan fingerprint density at radius 3 is 2.52 bits per heavy atom. The van der Waals surface area contributed by atoms with Gasteiger partial charge in [-0.1, -0.05) is 41.9 Å². The number of benzene rings is 2. The second-order valence-corrected chi connectivity index (χ2v) is 7.03. The Labute approximate surface area is 164 Å². The van der Waals surface area contributed by atoms with E-state index < -0.39 is 6.04 Å². The molecule has 3 rings (SSSR count). The number of halogens is 1. The molecule has 5 nitrogen and oxygen atoms in total. The van der Waals surface area contributed by atoms with Gasteiger partial charge in [0.1, 0.15) is 11.8 Å². The van der Waals surface area contributed by atoms with Gasteiger partial charge in [0.25, 0.3) is 5.91 Å². The molecule has 0 saturated carbocycles. The molecule has 1 heterocycles. The molecule has 1 aliphatic rings. The molecular weight excluding hydrogens is 364 g/mol. The lowest BCUT2D eigenvalue weighted by Crippen LogP contribution is -2.49. The van der Waals surface area contributed by atoms with Crippen LogP contribution in [0.25, 0.3) is 0 Å². The molecule has 0 radical (unpaired) electrons. The van der Waals surface area contributed by atoms with E-state index >= 15 is 0 Å². The van der Waals surface area contributed by atoms with E-state index in [0.29, 0.717) is 22.8 Å². The first-order valence-corrected chi connectivity index (χ1v) is 9.43. The fourth-order valence-electron chi connectivity index (χ4n) is 3.30. The molecule has 1 N–H and O–H groups in total. The van der Waals surface area contributed by atoms with Gasteiger partial charge in [0.15, 0.2) is 0 Å². The summed E-state index contributed by atoms with van der Waals surface area (Å²) in [7, 11) is 1.49. The van der Waals surface area contributed by atoms with Crippen molar-refractivity contribution in [2.75, 3.05) is 20.2 Å². The highest BCUT2D eigenvalue weighted by atomic mass is 35.5. The van der Waals surface area contributed by atoms with Crippen LogP contribution < -0.4 is 10.1 Å². The van der Waals surface area contributed by atoms with Crippen LogP contribution in [0.4, 0.5) is 0 Å². The van der Waals surface area contributed by atoms with Gasteiger partial charge in [0.05, 0.1) is 12.7 Å². The minimum atomic E-state index is -0.626. The Morgan fingerprint density at radius 1 is 1.15 bits per heavy atom. The van der Waals surface area contributed by atoms with Crippen LogP contribution in [0.5, 0.6) is 5.75 Å². The van der Waals surface area contributed by atoms with Crippen molar-refractivity contribution in [3.05, 3.63) is 64.7 Å². The third kappa shape index (κ3) is 4.80. The topological polar surface area (TPSA) is 58.6 Å². The van der Waals surface area contributed by atoms with E-state index in [1.54, 1.807) is 18.2 Å². The number of rotatable bonds is 6. The molecular formula is C21H23ClN2O3. The second-order valence-electron chi connectivity index (χ2n) is 6.59. The van der Waals surface area contributed by atoms with Gasteiger partial charge in [0, 0.05) is 24.5 Å². The van der Waals surface area contributed by atoms with E-state index in [1.807, 2.05) is 35.2 Å². The van der Waals surface area contributed by atoms with E-state index in [2.05, 4.69) is 5.32 Å². The molecule has 1 unspecified atom stereocenters. The molecule has 2 aromatic carbocycles. The Morgan fingerprint density at radius 2 is 1.85 bits per heavy atom. The zero-order valence-corrected chi connectivity index (χ0v) is 16.0. The van der Waals surface area contributed by atoms with Gasteiger partial charge in [-0.25, -0.2) is 0 Å². The lowest BCUT2D eigenvalue weighted by molar-refractivity contribution is -0.132. The SMILES string of the molecule is COc1cc(Cl)ccc1C(=O)NC(Cc1ccccc1)C(=O)N1CCCC1. The van der Waals surface area contributed by atoms with Crippen molar-refractivity contribution in [3.63, 3.8) is 0 Å². The maximum atomic E-state index is 13.0. The number of carbonyl (C=O) groups excluding carboxylic acids is 2. The minimum Gasteiger partial charge on any atom is -0.496 e. The van der Waals surface area contributed by atoms with Crippen LogP contribution in [-0.4, -0.2) is 43.0 Å². The maximum Gasteiger partial charge on any atom is 0.255 e. The van der Waals surface area contributed by atoms with E-state index in [9.17, 15) is 9.59 Å². The molecule has 142 valence electrons. The average molecular weight is 387 g/mol. The Balaban J connectivity index is 1.81. The summed E-state index contributed by atoms with van der Waals surface area (Å²) in [5, 5.41) is 3.38. The molecule has 2 aromatic rings. The van der Waals surface area contributed by atoms with Gasteiger partial charge < -0.3 is 15.0 Å². The van der Waals surface area contributed by atoms with Crippen LogP contribution in [-0.2, 0) is 11.2 Å². The number of methoxy groups -OCH3 is 1. The van der Waals surface area contributed by atoms with E-state index in [4.69, 9.17) is 16.3 Å². The van der Waals surface area contributed by atoms with Crippen molar-refractivity contribution < 1.29 is 14.3 Å². The van der Waals surface area contributed by atoms with E-state index in [0.717, 1.165) is 31.5 Å². The summed E-state index contributed by atoms with van der Waals surface area (Å²) >= 11 is 5.98. The lowest BCUT2D eigenvalue weighted by Gasteiger charge is -2.24. The molecule has 1 atom stereocenters. The highest BCUT2D eigenvalue weighted by molar-refractivity contribution is 6.30. The first kappa shape index (κ1) is 19.2. The van der Waals surface area contributed by atoms with E-state index in [1.165, 1.54) is 7.11 Å². The highest BCUT2D eigenvalue weighted by Gasteiger charge is 2.29. The molecule has 6 heteroatoms. The number of ether oxygens (including phenoxy) is 1. The van der Waals surface area contributed by atoms with Crippen LogP contribution in [0.15, 0.2) is 48.5 Å². The van der Waals surface area contributed by atoms with Gasteiger partial charge in [0.2, 0.25) is 5.91 Å². The summed E-state index contributed by atoms with van der Waals surface area (Å²) in [6, 6.07) is 13.9. The zero-order valence-electron chi connectivity index (χ0n) is 15.3. The molecule has 0 bridgehead atoms. The number of amides is 2. The number of nitrogens with zero attached hydrogens (tertiary/aromatic N) is 1. The summed E-state index contributed by atoms with van der Waals surface area (Å²) in [6.45, 7) is 1.48. The zero-order chi connectivity index (χ0) is 19.2. The van der Waals surface area contributed by atoms with Crippen molar-refractivity contribution in [1.82, 2.24) is 10.2 Å². The summed E-state index contributed by atoms with van der Waals surface area (Å²) in [5.74, 6) is -0.0123. The Kier molecular flexibility index (Phi) is 6.35. The van der Waals surface area contributed by atoms with Gasteiger partial charge >= 0.3 is 0 Å². The van der Waals surface area contributed by atoms with Gasteiger partial charge in [-0.2, -0.15) is 0 Å². The van der Waals surface area contributed by atoms with Crippen molar-refractivity contribution in [1.29, 1.82) is 0 Å². The molecule has 0 aliphatic carbocycles. The van der Waals surface area contributed by atoms with Crippen molar-refractivity contribution in [2.45, 2.75) is 25.3 Å². The number of nitrogens with one attached hydrogen (secondary N) is 1. The lowest BCUT2D eigenvalue weighted by atomic mass is 10.0. The monoisotopic (exact) mass is 386 g/mol. The van der Waals surface area contributed by atoms with Crippen LogP contribution >= 0.6 is 11.6 Å². The fourth-order valence-corrected chi connectivity index (χ4v) is 3.46. The van der Waals surface area contributed by atoms with Crippen molar-refractivity contribution >= 4 is 23.4 Å². The first-order valence-electron chi connectivity index (χ1n) is 9.05. The molecule has 0 aromatic heterocycles. The van der Waals surface area contributed by atoms with Gasteiger partial charge in [-0.3, -0.25) is 9.59 Å². The number of hydrogen-bond donors (Lipinski definition) is 1. The molecule has 1 saturated heterocycles. The maximum absolute atomic E-state index is 13.0. The number of carbonyl (C=O) groups is 2.